The van der Waals surface area contributed by atoms with Gasteiger partial charge in [0.2, 0.25) is 0 Å². The summed E-state index contributed by atoms with van der Waals surface area (Å²) >= 11 is 1.69. The fourth-order valence-corrected chi connectivity index (χ4v) is 0. The maximum atomic E-state index is 8.06. The van der Waals surface area contributed by atoms with Crippen molar-refractivity contribution in [1.29, 1.82) is 0 Å². The van der Waals surface area contributed by atoms with Crippen LogP contribution in [0.3, 0.4) is 0 Å². The SMILES string of the molecule is [Cu].[H-].[H-].[Mg+2].[O]=[Mn].[Zn]. The molecule has 0 aliphatic rings. The molecule has 0 rings (SSSR count). The van der Waals surface area contributed by atoms with E-state index < -0.39 is 0 Å². The second kappa shape index (κ2) is 34.3. The van der Waals surface area contributed by atoms with E-state index in [2.05, 4.69) is 0 Å². The maximum Gasteiger partial charge on any atom is 0 e. The Hall–Kier alpha value is 2.23. The van der Waals surface area contributed by atoms with E-state index >= 15 is 0 Å². The van der Waals surface area contributed by atoms with Crippen LogP contribution in [0, 0.1) is 0 Å². The van der Waals surface area contributed by atoms with Crippen molar-refractivity contribution in [2.24, 2.45) is 0 Å². The molecule has 0 heterocycles. The number of hydrogen-bond acceptors (Lipinski definition) is 1. The molecule has 0 spiro atoms. The van der Waals surface area contributed by atoms with Gasteiger partial charge < -0.3 is 2.85 Å². The van der Waals surface area contributed by atoms with E-state index in [-0.39, 0.29) is 62.5 Å². The molecule has 0 aromatic rings. The van der Waals surface area contributed by atoms with Crippen LogP contribution in [-0.2, 0) is 56.3 Å². The summed E-state index contributed by atoms with van der Waals surface area (Å²) < 4.78 is 8.06. The van der Waals surface area contributed by atoms with Crippen LogP contribution in [-0.4, -0.2) is 23.1 Å². The van der Waals surface area contributed by atoms with Gasteiger partial charge in [0.25, 0.3) is 0 Å². The first-order chi connectivity index (χ1) is 1.00. The first-order valence-electron chi connectivity index (χ1n) is 0.154. The summed E-state index contributed by atoms with van der Waals surface area (Å²) in [6.07, 6.45) is 0. The fourth-order valence-electron chi connectivity index (χ4n) is 0. The molecule has 0 aromatic carbocycles. The van der Waals surface area contributed by atoms with E-state index in [0.717, 1.165) is 0 Å². The van der Waals surface area contributed by atoms with Gasteiger partial charge in [0.15, 0.2) is 0 Å². The summed E-state index contributed by atoms with van der Waals surface area (Å²) in [7, 11) is 0. The zero-order chi connectivity index (χ0) is 2.00. The predicted molar refractivity (Wildman–Crippen MR) is 8.66 cm³/mol. The molecule has 0 aliphatic carbocycles. The first kappa shape index (κ1) is 26.9. The van der Waals surface area contributed by atoms with Crippen molar-refractivity contribution in [3.8, 4) is 0 Å². The van der Waals surface area contributed by atoms with Crippen molar-refractivity contribution >= 4 is 23.1 Å². The van der Waals surface area contributed by atoms with Crippen LogP contribution >= 0.6 is 0 Å². The van der Waals surface area contributed by atoms with Crippen molar-refractivity contribution in [3.63, 3.8) is 0 Å². The van der Waals surface area contributed by atoms with E-state index in [4.69, 9.17) is 3.83 Å². The maximum absolute atomic E-state index is 8.06. The van der Waals surface area contributed by atoms with Gasteiger partial charge in [-0.25, -0.2) is 0 Å². The second-order valence-corrected chi connectivity index (χ2v) is 0. The Kier molecular flexibility index (Phi) is 184. The Labute approximate surface area is 81.4 Å². The van der Waals surface area contributed by atoms with Crippen LogP contribution in [0.5, 0.6) is 0 Å². The van der Waals surface area contributed by atoms with Gasteiger partial charge in [-0.05, 0) is 0 Å². The molecule has 1 nitrogen and oxygen atoms in total. The van der Waals surface area contributed by atoms with Gasteiger partial charge >= 0.3 is 42.8 Å². The van der Waals surface area contributed by atoms with Gasteiger partial charge in [0.1, 0.15) is 0 Å². The molecule has 0 fully saturated rings. The Morgan fingerprint density at radius 3 is 1.40 bits per heavy atom. The second-order valence-electron chi connectivity index (χ2n) is 0. The molecule has 0 bridgehead atoms. The first-order valence-corrected chi connectivity index (χ1v) is 0.636. The quantitative estimate of drug-likeness (QED) is 0.519. The average Bonchev–Trinajstić information content (AvgIpc) is 1.00. The van der Waals surface area contributed by atoms with Crippen LogP contribution in [0.15, 0.2) is 0 Å². The molecule has 0 unspecified atom stereocenters. The Balaban J connectivity index is -0.000000000500. The Bertz CT molecular complexity index is 17.7. The molecule has 0 aliphatic heterocycles. The third-order valence-electron chi connectivity index (χ3n) is 0. The summed E-state index contributed by atoms with van der Waals surface area (Å²) in [5, 5.41) is 0. The van der Waals surface area contributed by atoms with Crippen molar-refractivity contribution in [2.45, 2.75) is 0 Å². The number of rotatable bonds is 0. The topological polar surface area (TPSA) is 17.1 Å². The van der Waals surface area contributed by atoms with Crippen molar-refractivity contribution in [1.82, 2.24) is 0 Å². The molecule has 5 heavy (non-hydrogen) atoms. The van der Waals surface area contributed by atoms with E-state index in [1.54, 1.807) is 15.9 Å². The third kappa shape index (κ3) is 22.4. The minimum Gasteiger partial charge on any atom is 0 e. The van der Waals surface area contributed by atoms with Crippen molar-refractivity contribution in [2.75, 3.05) is 0 Å². The van der Waals surface area contributed by atoms with E-state index in [1.165, 1.54) is 0 Å². The molecule has 1 radical (unpaired) electrons. The monoisotopic (exact) mass is 224 g/mol. The van der Waals surface area contributed by atoms with E-state index in [1.807, 2.05) is 0 Å². The Morgan fingerprint density at radius 1 is 1.40 bits per heavy atom. The van der Waals surface area contributed by atoms with Crippen LogP contribution in [0.4, 0.5) is 0 Å². The smallest absolute Gasteiger partial charge is 0 e. The molecule has 0 amide bonds. The molecule has 0 saturated carbocycles. The van der Waals surface area contributed by atoms with Gasteiger partial charge in [-0.1, -0.05) is 0 Å². The summed E-state index contributed by atoms with van der Waals surface area (Å²) in [5.41, 5.74) is 0. The van der Waals surface area contributed by atoms with E-state index in [9.17, 15) is 0 Å². The minimum absolute atomic E-state index is 0. The van der Waals surface area contributed by atoms with Crippen molar-refractivity contribution < 1.29 is 59.2 Å². The molecular formula is H2CuMgMnOZn. The third-order valence-corrected chi connectivity index (χ3v) is 0. The zero-order valence-corrected chi connectivity index (χ0v) is 9.01. The minimum atomic E-state index is 0. The number of hydrogen-bond donors (Lipinski definition) is 0. The normalized spacial score (nSPS) is 0.800. The molecule has 0 saturated heterocycles. The largest absolute Gasteiger partial charge is 0 e. The van der Waals surface area contributed by atoms with Gasteiger partial charge in [-0.2, -0.15) is 0 Å². The van der Waals surface area contributed by atoms with Crippen LogP contribution in [0.1, 0.15) is 2.85 Å². The predicted octanol–water partition coefficient (Wildman–Crippen LogP) is -0.282. The van der Waals surface area contributed by atoms with Crippen molar-refractivity contribution in [3.05, 3.63) is 0 Å². The van der Waals surface area contributed by atoms with E-state index in [0.29, 0.717) is 0 Å². The summed E-state index contributed by atoms with van der Waals surface area (Å²) in [5.74, 6) is 0. The van der Waals surface area contributed by atoms with Gasteiger partial charge in [-0.15, -0.1) is 0 Å². The van der Waals surface area contributed by atoms with Gasteiger partial charge in [0, 0.05) is 36.5 Å². The summed E-state index contributed by atoms with van der Waals surface area (Å²) in [6, 6.07) is 0. The zero-order valence-electron chi connectivity index (χ0n) is 4.50. The van der Waals surface area contributed by atoms with Crippen LogP contribution in [0.25, 0.3) is 0 Å². The molecule has 0 N–H and O–H groups in total. The molecule has 0 aromatic heterocycles. The van der Waals surface area contributed by atoms with Gasteiger partial charge in [-0.3, -0.25) is 0 Å². The van der Waals surface area contributed by atoms with Crippen LogP contribution in [0.2, 0.25) is 0 Å². The fraction of sp³-hybridized carbons (Fsp3) is 0. The van der Waals surface area contributed by atoms with Crippen LogP contribution < -0.4 is 0 Å². The summed E-state index contributed by atoms with van der Waals surface area (Å²) in [6.45, 7) is 0. The van der Waals surface area contributed by atoms with Gasteiger partial charge in [0.05, 0.1) is 0 Å². The molecule has 5 heteroatoms. The molecule has 0 atom stereocenters. The Morgan fingerprint density at radius 2 is 1.40 bits per heavy atom. The average molecular weight is 226 g/mol. The molecule has 30 valence electrons. The summed E-state index contributed by atoms with van der Waals surface area (Å²) in [4.78, 5) is 0. The molecular weight excluding hydrogens is 224 g/mol. The standard InChI is InChI=1S/Cu.Mg.Mn.O.Zn.2H/q;+2;;;;2*-1.